The van der Waals surface area contributed by atoms with Crippen molar-refractivity contribution in [2.24, 2.45) is 0 Å². The number of aromatic nitrogens is 3. The highest BCUT2D eigenvalue weighted by Crippen LogP contribution is 2.16. The summed E-state index contributed by atoms with van der Waals surface area (Å²) in [5, 5.41) is 14.4. The van der Waals surface area contributed by atoms with Crippen LogP contribution in [0.1, 0.15) is 10.6 Å². The number of carboxylic acid groups (broad SMARTS) is 1. The highest BCUT2D eigenvalue weighted by atomic mass is 32.1. The number of amides is 2. The number of carbonyl (C=O) groups excluding carboxylic acids is 1. The van der Waals surface area contributed by atoms with Gasteiger partial charge in [0.1, 0.15) is 6.04 Å². The number of anilines is 1. The van der Waals surface area contributed by atoms with Gasteiger partial charge in [-0.05, 0) is 6.92 Å². The summed E-state index contributed by atoms with van der Waals surface area (Å²) in [4.78, 5) is 34.4. The smallest absolute Gasteiger partial charge is 0.326 e. The van der Waals surface area contributed by atoms with E-state index in [9.17, 15) is 9.59 Å². The first-order valence-corrected chi connectivity index (χ1v) is 6.56. The number of hydrogen-bond acceptors (Lipinski definition) is 5. The molecule has 8 nitrogen and oxygen atoms in total. The van der Waals surface area contributed by atoms with Crippen LogP contribution in [0.3, 0.4) is 0 Å². The minimum Gasteiger partial charge on any atom is -0.480 e. The van der Waals surface area contributed by atoms with Gasteiger partial charge in [-0.1, -0.05) is 0 Å². The largest absolute Gasteiger partial charge is 0.480 e. The third-order valence-corrected chi connectivity index (χ3v) is 3.25. The monoisotopic (exact) mass is 295 g/mol. The molecule has 2 heterocycles. The number of hydrogen-bond donors (Lipinski definition) is 4. The summed E-state index contributed by atoms with van der Waals surface area (Å²) in [6, 6.07) is -1.65. The molecule has 2 aromatic heterocycles. The Bertz CT molecular complexity index is 595. The van der Waals surface area contributed by atoms with Crippen LogP contribution >= 0.6 is 11.3 Å². The van der Waals surface area contributed by atoms with Gasteiger partial charge < -0.3 is 15.4 Å². The van der Waals surface area contributed by atoms with Gasteiger partial charge in [0.2, 0.25) is 0 Å². The molecule has 9 heteroatoms. The summed E-state index contributed by atoms with van der Waals surface area (Å²) in [6.45, 7) is 1.86. The van der Waals surface area contributed by atoms with Crippen LogP contribution in [0.4, 0.5) is 9.93 Å². The van der Waals surface area contributed by atoms with Crippen molar-refractivity contribution in [1.29, 1.82) is 0 Å². The number of thiazole rings is 1. The minimum absolute atomic E-state index is 0.125. The molecule has 0 saturated heterocycles. The molecule has 0 fully saturated rings. The molecular formula is C11H13N5O3S. The van der Waals surface area contributed by atoms with Gasteiger partial charge in [-0.25, -0.2) is 19.6 Å². The fourth-order valence-corrected chi connectivity index (χ4v) is 2.18. The summed E-state index contributed by atoms with van der Waals surface area (Å²) in [6.07, 6.45) is 4.71. The van der Waals surface area contributed by atoms with Crippen LogP contribution in [0, 0.1) is 6.92 Å². The second kappa shape index (κ2) is 6.15. The molecule has 0 unspecified atom stereocenters. The van der Waals surface area contributed by atoms with Crippen LogP contribution in [0.5, 0.6) is 0 Å². The van der Waals surface area contributed by atoms with Crippen molar-refractivity contribution < 1.29 is 14.7 Å². The van der Waals surface area contributed by atoms with Crippen molar-refractivity contribution in [1.82, 2.24) is 20.3 Å². The average molecular weight is 295 g/mol. The molecule has 1 atom stereocenters. The number of aryl methyl sites for hydroxylation is 1. The Morgan fingerprint density at radius 3 is 2.85 bits per heavy atom. The number of aliphatic carboxylic acids is 1. The normalized spacial score (nSPS) is 11.8. The highest BCUT2D eigenvalue weighted by molar-refractivity contribution is 7.15. The van der Waals surface area contributed by atoms with Crippen molar-refractivity contribution in [3.8, 4) is 0 Å². The van der Waals surface area contributed by atoms with E-state index < -0.39 is 18.0 Å². The number of H-pyrrole nitrogens is 1. The predicted molar refractivity (Wildman–Crippen MR) is 72.7 cm³/mol. The first-order chi connectivity index (χ1) is 9.54. The van der Waals surface area contributed by atoms with Gasteiger partial charge in [0.15, 0.2) is 5.13 Å². The summed E-state index contributed by atoms with van der Waals surface area (Å²) in [5.74, 6) is -1.12. The zero-order valence-electron chi connectivity index (χ0n) is 10.6. The van der Waals surface area contributed by atoms with E-state index in [1.54, 1.807) is 6.20 Å². The third kappa shape index (κ3) is 3.79. The van der Waals surface area contributed by atoms with E-state index in [0.29, 0.717) is 10.8 Å². The maximum Gasteiger partial charge on any atom is 0.326 e. The quantitative estimate of drug-likeness (QED) is 0.655. The van der Waals surface area contributed by atoms with E-state index >= 15 is 0 Å². The molecule has 2 amide bonds. The Labute approximate surface area is 118 Å². The van der Waals surface area contributed by atoms with E-state index in [-0.39, 0.29) is 6.42 Å². The lowest BCUT2D eigenvalue weighted by Gasteiger charge is -2.13. The molecular weight excluding hydrogens is 282 g/mol. The van der Waals surface area contributed by atoms with Gasteiger partial charge in [-0.2, -0.15) is 0 Å². The maximum atomic E-state index is 11.7. The van der Waals surface area contributed by atoms with Crippen LogP contribution < -0.4 is 10.6 Å². The molecule has 0 spiro atoms. The van der Waals surface area contributed by atoms with E-state index in [1.165, 1.54) is 23.9 Å². The van der Waals surface area contributed by atoms with Crippen molar-refractivity contribution in [3.63, 3.8) is 0 Å². The Balaban J connectivity index is 1.94. The van der Waals surface area contributed by atoms with Gasteiger partial charge in [0.25, 0.3) is 0 Å². The molecule has 2 rings (SSSR count). The molecule has 20 heavy (non-hydrogen) atoms. The molecule has 0 aliphatic rings. The first-order valence-electron chi connectivity index (χ1n) is 5.74. The standard InChI is InChI=1S/C11H13N5O3S/c1-6-3-13-11(20-6)16-10(19)15-8(9(17)18)2-7-4-12-5-14-7/h3-5,8H,2H2,1H3,(H,12,14)(H,17,18)(H2,13,15,16,19)/t8-/m0/s1. The van der Waals surface area contributed by atoms with Crippen molar-refractivity contribution >= 4 is 28.5 Å². The van der Waals surface area contributed by atoms with E-state index in [1.807, 2.05) is 6.92 Å². The molecule has 0 aliphatic carbocycles. The fraction of sp³-hybridized carbons (Fsp3) is 0.273. The van der Waals surface area contributed by atoms with Crippen LogP contribution in [-0.2, 0) is 11.2 Å². The highest BCUT2D eigenvalue weighted by Gasteiger charge is 2.21. The number of aromatic amines is 1. The molecule has 0 bridgehead atoms. The number of urea groups is 1. The predicted octanol–water partition coefficient (Wildman–Crippen LogP) is 0.992. The zero-order chi connectivity index (χ0) is 14.5. The van der Waals surface area contributed by atoms with E-state index in [0.717, 1.165) is 4.88 Å². The van der Waals surface area contributed by atoms with Gasteiger partial charge in [0.05, 0.1) is 6.33 Å². The second-order valence-electron chi connectivity index (χ2n) is 4.05. The lowest BCUT2D eigenvalue weighted by molar-refractivity contribution is -0.139. The van der Waals surface area contributed by atoms with Gasteiger partial charge in [0, 0.05) is 29.4 Å². The number of nitrogens with zero attached hydrogens (tertiary/aromatic N) is 2. The topological polar surface area (TPSA) is 120 Å². The minimum atomic E-state index is -1.12. The SMILES string of the molecule is Cc1cnc(NC(=O)N[C@@H](Cc2cnc[nH]2)C(=O)O)s1. The first kappa shape index (κ1) is 14.0. The zero-order valence-corrected chi connectivity index (χ0v) is 11.4. The molecule has 0 aromatic carbocycles. The molecule has 0 aliphatic heterocycles. The summed E-state index contributed by atoms with van der Waals surface area (Å²) < 4.78 is 0. The molecule has 106 valence electrons. The Morgan fingerprint density at radius 1 is 1.50 bits per heavy atom. The van der Waals surface area contributed by atoms with Crippen molar-refractivity contribution in [2.45, 2.75) is 19.4 Å². The lowest BCUT2D eigenvalue weighted by Crippen LogP contribution is -2.44. The number of nitrogens with one attached hydrogen (secondary N) is 3. The van der Waals surface area contributed by atoms with E-state index in [2.05, 4.69) is 25.6 Å². The average Bonchev–Trinajstić information content (AvgIpc) is 3.00. The van der Waals surface area contributed by atoms with Crippen LogP contribution in [0.2, 0.25) is 0 Å². The second-order valence-corrected chi connectivity index (χ2v) is 5.28. The Hall–Kier alpha value is -2.42. The number of carboxylic acids is 1. The van der Waals surface area contributed by atoms with Crippen LogP contribution in [0.25, 0.3) is 0 Å². The lowest BCUT2D eigenvalue weighted by atomic mass is 10.2. The van der Waals surface area contributed by atoms with E-state index in [4.69, 9.17) is 5.11 Å². The Kier molecular flexibility index (Phi) is 4.31. The van der Waals surface area contributed by atoms with Crippen molar-refractivity contribution in [2.75, 3.05) is 5.32 Å². The maximum absolute atomic E-state index is 11.7. The van der Waals surface area contributed by atoms with Gasteiger partial charge in [-0.15, -0.1) is 11.3 Å². The number of carbonyl (C=O) groups is 2. The number of rotatable bonds is 5. The molecule has 0 radical (unpaired) electrons. The summed E-state index contributed by atoms with van der Waals surface area (Å²) >= 11 is 1.31. The molecule has 4 N–H and O–H groups in total. The number of imidazole rings is 1. The van der Waals surface area contributed by atoms with Crippen molar-refractivity contribution in [3.05, 3.63) is 29.3 Å². The molecule has 2 aromatic rings. The summed E-state index contributed by atoms with van der Waals surface area (Å²) in [7, 11) is 0. The van der Waals surface area contributed by atoms with Crippen LogP contribution in [0.15, 0.2) is 18.7 Å². The third-order valence-electron chi connectivity index (χ3n) is 2.42. The molecule has 0 saturated carbocycles. The van der Waals surface area contributed by atoms with Gasteiger partial charge in [-0.3, -0.25) is 5.32 Å². The van der Waals surface area contributed by atoms with Crippen LogP contribution in [-0.4, -0.2) is 38.1 Å². The Morgan fingerprint density at radius 2 is 2.30 bits per heavy atom. The summed E-state index contributed by atoms with van der Waals surface area (Å²) in [5.41, 5.74) is 0.628. The fourth-order valence-electron chi connectivity index (χ4n) is 1.52. The van der Waals surface area contributed by atoms with Gasteiger partial charge >= 0.3 is 12.0 Å².